The van der Waals surface area contributed by atoms with E-state index in [0.717, 1.165) is 22.5 Å². The highest BCUT2D eigenvalue weighted by molar-refractivity contribution is 5.94. The summed E-state index contributed by atoms with van der Waals surface area (Å²) in [6.07, 6.45) is 6.73. The molecule has 5 heteroatoms. The normalized spacial score (nSPS) is 10.7. The Hall–Kier alpha value is -3.21. The molecule has 0 atom stereocenters. The molecule has 3 aromatic rings. The lowest BCUT2D eigenvalue weighted by Gasteiger charge is -2.17. The number of hydrogen-bond donors (Lipinski definition) is 2. The highest BCUT2D eigenvalue weighted by Gasteiger charge is 2.11. The third kappa shape index (κ3) is 4.70. The van der Waals surface area contributed by atoms with Gasteiger partial charge in [0.1, 0.15) is 0 Å². The van der Waals surface area contributed by atoms with Crippen LogP contribution in [0.4, 0.5) is 11.4 Å². The summed E-state index contributed by atoms with van der Waals surface area (Å²) < 4.78 is 0. The molecule has 0 saturated heterocycles. The van der Waals surface area contributed by atoms with Crippen molar-refractivity contribution in [3.63, 3.8) is 0 Å². The van der Waals surface area contributed by atoms with Crippen LogP contribution >= 0.6 is 0 Å². The van der Waals surface area contributed by atoms with Crippen LogP contribution in [0.5, 0.6) is 0 Å². The minimum absolute atomic E-state index is 0.156. The van der Waals surface area contributed by atoms with E-state index in [-0.39, 0.29) is 5.91 Å². The Kier molecular flexibility index (Phi) is 5.81. The average molecular weight is 360 g/mol. The molecule has 1 amide bonds. The number of pyridine rings is 2. The summed E-state index contributed by atoms with van der Waals surface area (Å²) in [5.74, 6) is 0.240. The van der Waals surface area contributed by atoms with Crippen LogP contribution in [0, 0.1) is 6.92 Å². The molecule has 0 radical (unpaired) electrons. The first-order valence-corrected chi connectivity index (χ1v) is 9.03. The fraction of sp³-hybridized carbons (Fsp3) is 0.227. The Bertz CT molecular complexity index is 923. The molecule has 0 unspecified atom stereocenters. The molecule has 0 aliphatic rings. The van der Waals surface area contributed by atoms with Gasteiger partial charge in [-0.25, -0.2) is 0 Å². The molecule has 3 rings (SSSR count). The summed E-state index contributed by atoms with van der Waals surface area (Å²) in [6, 6.07) is 11.8. The number of amides is 1. The molecule has 138 valence electrons. The van der Waals surface area contributed by atoms with Crippen molar-refractivity contribution in [2.24, 2.45) is 0 Å². The monoisotopic (exact) mass is 360 g/mol. The minimum Gasteiger partial charge on any atom is -0.354 e. The number of aryl methyl sites for hydroxylation is 1. The highest BCUT2D eigenvalue weighted by atomic mass is 16.1. The van der Waals surface area contributed by atoms with Gasteiger partial charge in [0.05, 0.1) is 17.4 Å². The second-order valence-corrected chi connectivity index (χ2v) is 6.82. The first kappa shape index (κ1) is 18.6. The van der Waals surface area contributed by atoms with Crippen molar-refractivity contribution in [1.29, 1.82) is 0 Å². The van der Waals surface area contributed by atoms with Gasteiger partial charge in [-0.05, 0) is 47.7 Å². The topological polar surface area (TPSA) is 66.9 Å². The van der Waals surface area contributed by atoms with Crippen LogP contribution in [0.25, 0.3) is 0 Å². The number of hydrogen-bond acceptors (Lipinski definition) is 4. The Morgan fingerprint density at radius 2 is 1.85 bits per heavy atom. The van der Waals surface area contributed by atoms with Crippen LogP contribution in [-0.2, 0) is 6.54 Å². The quantitative estimate of drug-likeness (QED) is 0.675. The van der Waals surface area contributed by atoms with Gasteiger partial charge in [-0.15, -0.1) is 0 Å². The van der Waals surface area contributed by atoms with Gasteiger partial charge in [0.15, 0.2) is 0 Å². The molecular weight excluding hydrogens is 336 g/mol. The van der Waals surface area contributed by atoms with Crippen LogP contribution < -0.4 is 10.6 Å². The van der Waals surface area contributed by atoms with E-state index in [0.29, 0.717) is 18.0 Å². The predicted molar refractivity (Wildman–Crippen MR) is 108 cm³/mol. The van der Waals surface area contributed by atoms with E-state index >= 15 is 0 Å². The molecule has 27 heavy (non-hydrogen) atoms. The van der Waals surface area contributed by atoms with E-state index in [9.17, 15) is 4.79 Å². The summed E-state index contributed by atoms with van der Waals surface area (Å²) in [5, 5.41) is 6.35. The van der Waals surface area contributed by atoms with Crippen molar-refractivity contribution in [3.8, 4) is 0 Å². The van der Waals surface area contributed by atoms with Gasteiger partial charge >= 0.3 is 0 Å². The summed E-state index contributed by atoms with van der Waals surface area (Å²) in [4.78, 5) is 20.7. The Morgan fingerprint density at radius 1 is 1.07 bits per heavy atom. The van der Waals surface area contributed by atoms with E-state index in [1.54, 1.807) is 24.8 Å². The Labute approximate surface area is 159 Å². The number of benzene rings is 1. The summed E-state index contributed by atoms with van der Waals surface area (Å²) in [6.45, 7) is 6.86. The minimum atomic E-state index is -0.156. The zero-order chi connectivity index (χ0) is 19.2. The Balaban J connectivity index is 1.75. The second kappa shape index (κ2) is 8.45. The highest BCUT2D eigenvalue weighted by Crippen LogP contribution is 2.30. The predicted octanol–water partition coefficient (Wildman–Crippen LogP) is 4.58. The van der Waals surface area contributed by atoms with E-state index in [2.05, 4.69) is 59.6 Å². The van der Waals surface area contributed by atoms with Crippen molar-refractivity contribution in [2.75, 3.05) is 5.32 Å². The smallest absolute Gasteiger partial charge is 0.253 e. The molecule has 0 saturated carbocycles. The zero-order valence-electron chi connectivity index (χ0n) is 15.9. The van der Waals surface area contributed by atoms with Crippen molar-refractivity contribution >= 4 is 17.3 Å². The lowest BCUT2D eigenvalue weighted by molar-refractivity contribution is 0.0950. The largest absolute Gasteiger partial charge is 0.354 e. The van der Waals surface area contributed by atoms with Gasteiger partial charge in [-0.2, -0.15) is 0 Å². The average Bonchev–Trinajstić information content (AvgIpc) is 2.68. The molecule has 0 bridgehead atoms. The van der Waals surface area contributed by atoms with Crippen LogP contribution in [-0.4, -0.2) is 15.9 Å². The molecule has 1 aromatic carbocycles. The van der Waals surface area contributed by atoms with Gasteiger partial charge in [0.2, 0.25) is 0 Å². The van der Waals surface area contributed by atoms with Crippen LogP contribution in [0.1, 0.15) is 46.8 Å². The number of aromatic nitrogens is 2. The molecule has 5 nitrogen and oxygen atoms in total. The molecule has 0 spiro atoms. The molecule has 0 aliphatic carbocycles. The number of para-hydroxylation sites is 1. The fourth-order valence-electron chi connectivity index (χ4n) is 2.90. The third-order valence-corrected chi connectivity index (χ3v) is 4.40. The molecular formula is C22H24N4O. The standard InChI is InChI=1S/C22H24N4O/c1-15(2)20-6-4-5-16(3)21(20)26-19-11-18(13-24-14-19)22(27)25-12-17-7-9-23-10-8-17/h4-11,13-15,26H,12H2,1-3H3,(H,25,27). The van der Waals surface area contributed by atoms with Crippen molar-refractivity contribution < 1.29 is 4.79 Å². The van der Waals surface area contributed by atoms with Gasteiger partial charge in [0.25, 0.3) is 5.91 Å². The van der Waals surface area contributed by atoms with Gasteiger partial charge < -0.3 is 10.6 Å². The first-order valence-electron chi connectivity index (χ1n) is 9.03. The number of nitrogens with zero attached hydrogens (tertiary/aromatic N) is 2. The van der Waals surface area contributed by atoms with E-state index in [1.165, 1.54) is 5.56 Å². The number of rotatable bonds is 6. The maximum Gasteiger partial charge on any atom is 0.253 e. The summed E-state index contributed by atoms with van der Waals surface area (Å²) in [7, 11) is 0. The van der Waals surface area contributed by atoms with Crippen molar-refractivity contribution in [1.82, 2.24) is 15.3 Å². The molecule has 2 N–H and O–H groups in total. The molecule has 2 aromatic heterocycles. The van der Waals surface area contributed by atoms with Gasteiger partial charge in [-0.1, -0.05) is 32.0 Å². The van der Waals surface area contributed by atoms with Gasteiger partial charge in [0, 0.05) is 30.8 Å². The fourth-order valence-corrected chi connectivity index (χ4v) is 2.90. The molecule has 0 fully saturated rings. The number of carbonyl (C=O) groups is 1. The van der Waals surface area contributed by atoms with E-state index in [1.807, 2.05) is 18.2 Å². The number of anilines is 2. The molecule has 0 aliphatic heterocycles. The van der Waals surface area contributed by atoms with Crippen LogP contribution in [0.15, 0.2) is 61.2 Å². The second-order valence-electron chi connectivity index (χ2n) is 6.82. The SMILES string of the molecule is Cc1cccc(C(C)C)c1Nc1cncc(C(=O)NCc2ccncc2)c1. The summed E-state index contributed by atoms with van der Waals surface area (Å²) in [5.41, 5.74) is 5.79. The van der Waals surface area contributed by atoms with Crippen LogP contribution in [0.2, 0.25) is 0 Å². The maximum absolute atomic E-state index is 12.5. The zero-order valence-corrected chi connectivity index (χ0v) is 15.9. The summed E-state index contributed by atoms with van der Waals surface area (Å²) >= 11 is 0. The maximum atomic E-state index is 12.5. The Morgan fingerprint density at radius 3 is 2.59 bits per heavy atom. The number of nitrogens with one attached hydrogen (secondary N) is 2. The van der Waals surface area contributed by atoms with E-state index in [4.69, 9.17) is 0 Å². The third-order valence-electron chi connectivity index (χ3n) is 4.40. The van der Waals surface area contributed by atoms with E-state index < -0.39 is 0 Å². The lowest BCUT2D eigenvalue weighted by atomic mass is 9.98. The van der Waals surface area contributed by atoms with Crippen molar-refractivity contribution in [2.45, 2.75) is 33.2 Å². The molecule has 2 heterocycles. The first-order chi connectivity index (χ1) is 13.0. The van der Waals surface area contributed by atoms with Crippen molar-refractivity contribution in [3.05, 3.63) is 83.4 Å². The lowest BCUT2D eigenvalue weighted by Crippen LogP contribution is -2.23. The number of carbonyl (C=O) groups excluding carboxylic acids is 1. The van der Waals surface area contributed by atoms with Crippen LogP contribution in [0.3, 0.4) is 0 Å². The van der Waals surface area contributed by atoms with Gasteiger partial charge in [-0.3, -0.25) is 14.8 Å².